The van der Waals surface area contributed by atoms with Gasteiger partial charge in [0.05, 0.1) is 12.7 Å². The van der Waals surface area contributed by atoms with Crippen molar-refractivity contribution in [1.29, 1.82) is 0 Å². The van der Waals surface area contributed by atoms with Crippen LogP contribution in [-0.4, -0.2) is 19.0 Å². The third-order valence-corrected chi connectivity index (χ3v) is 3.64. The molecule has 0 saturated carbocycles. The zero-order chi connectivity index (χ0) is 19.2. The number of furan rings is 1. The van der Waals surface area contributed by atoms with Gasteiger partial charge in [-0.15, -0.1) is 0 Å². The van der Waals surface area contributed by atoms with Crippen LogP contribution in [0.4, 0.5) is 10.1 Å². The van der Waals surface area contributed by atoms with E-state index in [2.05, 4.69) is 10.1 Å². The minimum absolute atomic E-state index is 0.104. The molecule has 0 aliphatic carbocycles. The number of halogens is 1. The second kappa shape index (κ2) is 8.18. The summed E-state index contributed by atoms with van der Waals surface area (Å²) in [5.74, 6) is -0.183. The highest BCUT2D eigenvalue weighted by atomic mass is 19.1. The van der Waals surface area contributed by atoms with Gasteiger partial charge in [0, 0.05) is 5.69 Å². The summed E-state index contributed by atoms with van der Waals surface area (Å²) in [6.45, 7) is 0.104. The number of carbonyl (C=O) groups is 2. The van der Waals surface area contributed by atoms with Gasteiger partial charge < -0.3 is 19.2 Å². The standard InChI is InChI=1S/C20H16FNO5/c1-25-20(24)13-2-6-15(7-3-13)22-19(23)18-11-10-17(27-18)12-26-16-8-4-14(21)5-9-16/h2-11H,12H2,1H3,(H,22,23). The molecule has 0 radical (unpaired) electrons. The molecule has 0 aliphatic rings. The molecule has 138 valence electrons. The Morgan fingerprint density at radius 3 is 2.37 bits per heavy atom. The van der Waals surface area contributed by atoms with Crippen LogP contribution in [0, 0.1) is 5.82 Å². The molecule has 1 aromatic heterocycles. The summed E-state index contributed by atoms with van der Waals surface area (Å²) in [4.78, 5) is 23.6. The fourth-order valence-corrected chi connectivity index (χ4v) is 2.26. The number of esters is 1. The van der Waals surface area contributed by atoms with Crippen molar-refractivity contribution in [2.75, 3.05) is 12.4 Å². The Hall–Kier alpha value is -3.61. The molecular formula is C20H16FNO5. The van der Waals surface area contributed by atoms with Crippen molar-refractivity contribution in [2.24, 2.45) is 0 Å². The lowest BCUT2D eigenvalue weighted by Crippen LogP contribution is -2.11. The predicted molar refractivity (Wildman–Crippen MR) is 95.2 cm³/mol. The summed E-state index contributed by atoms with van der Waals surface area (Å²) in [6.07, 6.45) is 0. The van der Waals surface area contributed by atoms with Gasteiger partial charge in [-0.3, -0.25) is 4.79 Å². The largest absolute Gasteiger partial charge is 0.486 e. The maximum Gasteiger partial charge on any atom is 0.337 e. The van der Waals surface area contributed by atoms with E-state index >= 15 is 0 Å². The molecule has 6 nitrogen and oxygen atoms in total. The number of methoxy groups -OCH3 is 1. The van der Waals surface area contributed by atoms with E-state index in [0.717, 1.165) is 0 Å². The molecule has 3 aromatic rings. The third-order valence-electron chi connectivity index (χ3n) is 3.64. The second-order valence-corrected chi connectivity index (χ2v) is 5.53. The van der Waals surface area contributed by atoms with Crippen molar-refractivity contribution in [3.63, 3.8) is 0 Å². The highest BCUT2D eigenvalue weighted by Crippen LogP contribution is 2.17. The van der Waals surface area contributed by atoms with Crippen molar-refractivity contribution < 1.29 is 27.9 Å². The number of anilines is 1. The lowest BCUT2D eigenvalue weighted by Gasteiger charge is -2.05. The summed E-state index contributed by atoms with van der Waals surface area (Å²) in [6, 6.07) is 15.0. The van der Waals surface area contributed by atoms with E-state index in [-0.39, 0.29) is 18.2 Å². The molecule has 1 amide bonds. The molecule has 2 aromatic carbocycles. The van der Waals surface area contributed by atoms with Crippen molar-refractivity contribution >= 4 is 17.6 Å². The molecule has 27 heavy (non-hydrogen) atoms. The number of nitrogens with one attached hydrogen (secondary N) is 1. The second-order valence-electron chi connectivity index (χ2n) is 5.53. The maximum atomic E-state index is 12.9. The van der Waals surface area contributed by atoms with Crippen LogP contribution < -0.4 is 10.1 Å². The predicted octanol–water partition coefficient (Wildman–Crippen LogP) is 4.04. The number of amides is 1. The smallest absolute Gasteiger partial charge is 0.337 e. The molecule has 0 atom stereocenters. The van der Waals surface area contributed by atoms with Gasteiger partial charge in [0.15, 0.2) is 5.76 Å². The van der Waals surface area contributed by atoms with Crippen molar-refractivity contribution in [3.05, 3.63) is 83.6 Å². The van der Waals surface area contributed by atoms with E-state index in [9.17, 15) is 14.0 Å². The van der Waals surface area contributed by atoms with E-state index in [4.69, 9.17) is 9.15 Å². The number of rotatable bonds is 6. The van der Waals surface area contributed by atoms with Gasteiger partial charge in [-0.05, 0) is 60.7 Å². The maximum absolute atomic E-state index is 12.9. The van der Waals surface area contributed by atoms with Crippen LogP contribution in [0.5, 0.6) is 5.75 Å². The molecular weight excluding hydrogens is 353 g/mol. The van der Waals surface area contributed by atoms with Crippen LogP contribution in [0.25, 0.3) is 0 Å². The minimum Gasteiger partial charge on any atom is -0.486 e. The lowest BCUT2D eigenvalue weighted by molar-refractivity contribution is 0.0600. The Bertz CT molecular complexity index is 932. The fourth-order valence-electron chi connectivity index (χ4n) is 2.26. The van der Waals surface area contributed by atoms with Gasteiger partial charge in [-0.1, -0.05) is 0 Å². The average molecular weight is 369 g/mol. The Morgan fingerprint density at radius 2 is 1.70 bits per heavy atom. The van der Waals surface area contributed by atoms with Crippen LogP contribution >= 0.6 is 0 Å². The van der Waals surface area contributed by atoms with E-state index in [1.54, 1.807) is 30.3 Å². The number of ether oxygens (including phenoxy) is 2. The highest BCUT2D eigenvalue weighted by Gasteiger charge is 2.13. The summed E-state index contributed by atoms with van der Waals surface area (Å²) in [5, 5.41) is 2.67. The first-order valence-electron chi connectivity index (χ1n) is 8.02. The number of benzene rings is 2. The summed E-state index contributed by atoms with van der Waals surface area (Å²) < 4.78 is 28.4. The first kappa shape index (κ1) is 18.2. The lowest BCUT2D eigenvalue weighted by atomic mass is 10.2. The van der Waals surface area contributed by atoms with Crippen LogP contribution in [-0.2, 0) is 11.3 Å². The van der Waals surface area contributed by atoms with E-state index < -0.39 is 11.9 Å². The number of carbonyl (C=O) groups excluding carboxylic acids is 2. The zero-order valence-electron chi connectivity index (χ0n) is 14.4. The van der Waals surface area contributed by atoms with Gasteiger partial charge in [0.25, 0.3) is 5.91 Å². The van der Waals surface area contributed by atoms with Crippen molar-refractivity contribution in [1.82, 2.24) is 0 Å². The van der Waals surface area contributed by atoms with Gasteiger partial charge in [0.1, 0.15) is 23.9 Å². The van der Waals surface area contributed by atoms with Crippen LogP contribution in [0.3, 0.4) is 0 Å². The molecule has 7 heteroatoms. The molecule has 0 aliphatic heterocycles. The SMILES string of the molecule is COC(=O)c1ccc(NC(=O)c2ccc(COc3ccc(F)cc3)o2)cc1. The Kier molecular flexibility index (Phi) is 5.51. The topological polar surface area (TPSA) is 77.8 Å². The first-order chi connectivity index (χ1) is 13.0. The molecule has 1 heterocycles. The quantitative estimate of drug-likeness (QED) is 0.664. The Balaban J connectivity index is 1.57. The monoisotopic (exact) mass is 369 g/mol. The molecule has 0 fully saturated rings. The van der Waals surface area contributed by atoms with Crippen LogP contribution in [0.2, 0.25) is 0 Å². The zero-order valence-corrected chi connectivity index (χ0v) is 14.4. The summed E-state index contributed by atoms with van der Waals surface area (Å²) >= 11 is 0. The molecule has 1 N–H and O–H groups in total. The van der Waals surface area contributed by atoms with Gasteiger partial charge in [-0.2, -0.15) is 0 Å². The molecule has 0 saturated heterocycles. The number of hydrogen-bond acceptors (Lipinski definition) is 5. The molecule has 3 rings (SSSR count). The Morgan fingerprint density at radius 1 is 1.00 bits per heavy atom. The van der Waals surface area contributed by atoms with Gasteiger partial charge in [0.2, 0.25) is 0 Å². The van der Waals surface area contributed by atoms with Gasteiger partial charge in [-0.25, -0.2) is 9.18 Å². The molecule has 0 unspecified atom stereocenters. The van der Waals surface area contributed by atoms with Crippen molar-refractivity contribution in [3.8, 4) is 5.75 Å². The molecule has 0 bridgehead atoms. The third kappa shape index (κ3) is 4.72. The minimum atomic E-state index is -0.454. The fraction of sp³-hybridized carbons (Fsp3) is 0.100. The first-order valence-corrected chi connectivity index (χ1v) is 8.02. The summed E-state index contributed by atoms with van der Waals surface area (Å²) in [7, 11) is 1.30. The Labute approximate surface area is 154 Å². The van der Waals surface area contributed by atoms with E-state index in [1.165, 1.54) is 37.4 Å². The number of hydrogen-bond donors (Lipinski definition) is 1. The van der Waals surface area contributed by atoms with Crippen molar-refractivity contribution in [2.45, 2.75) is 6.61 Å². The summed E-state index contributed by atoms with van der Waals surface area (Å²) in [5.41, 5.74) is 0.891. The highest BCUT2D eigenvalue weighted by molar-refractivity contribution is 6.02. The average Bonchev–Trinajstić information content (AvgIpc) is 3.17. The van der Waals surface area contributed by atoms with E-state index in [0.29, 0.717) is 22.8 Å². The molecule has 0 spiro atoms. The van der Waals surface area contributed by atoms with E-state index in [1.807, 2.05) is 0 Å². The van der Waals surface area contributed by atoms with Crippen LogP contribution in [0.15, 0.2) is 65.1 Å². The van der Waals surface area contributed by atoms with Crippen LogP contribution in [0.1, 0.15) is 26.7 Å². The normalized spacial score (nSPS) is 10.3. The van der Waals surface area contributed by atoms with Gasteiger partial charge >= 0.3 is 5.97 Å².